The minimum absolute atomic E-state index is 0.0244. The molecule has 2 aromatic carbocycles. The Labute approximate surface area is 201 Å². The van der Waals surface area contributed by atoms with Crippen LogP contribution >= 0.6 is 0 Å². The Morgan fingerprint density at radius 2 is 1.79 bits per heavy atom. The molecule has 2 aliphatic heterocycles. The van der Waals surface area contributed by atoms with Gasteiger partial charge in [-0.15, -0.1) is 0 Å². The number of carbonyl (C=O) groups is 2. The second-order valence-corrected chi connectivity index (χ2v) is 8.68. The number of carbonyl (C=O) groups excluding carboxylic acids is 2. The van der Waals surface area contributed by atoms with E-state index in [-0.39, 0.29) is 17.6 Å². The first-order chi connectivity index (χ1) is 16.3. The zero-order valence-electron chi connectivity index (χ0n) is 20.0. The highest BCUT2D eigenvalue weighted by molar-refractivity contribution is 6.32. The van der Waals surface area contributed by atoms with Gasteiger partial charge in [0.05, 0.1) is 5.57 Å². The van der Waals surface area contributed by atoms with Crippen LogP contribution in [0.3, 0.4) is 0 Å². The van der Waals surface area contributed by atoms with Gasteiger partial charge in [-0.2, -0.15) is 0 Å². The van der Waals surface area contributed by atoms with Crippen molar-refractivity contribution in [1.82, 2.24) is 10.2 Å². The summed E-state index contributed by atoms with van der Waals surface area (Å²) in [6.45, 7) is 7.82. The Morgan fingerprint density at radius 3 is 2.41 bits per heavy atom. The van der Waals surface area contributed by atoms with E-state index in [1.165, 1.54) is 12.1 Å². The third-order valence-electron chi connectivity index (χ3n) is 5.47. The summed E-state index contributed by atoms with van der Waals surface area (Å²) in [6.07, 6.45) is 9.28. The average molecular weight is 462 g/mol. The molecule has 5 nitrogen and oxygen atoms in total. The maximum atomic E-state index is 12.4. The van der Waals surface area contributed by atoms with Gasteiger partial charge in [-0.1, -0.05) is 50.3 Å². The number of aryl methyl sites for hydroxylation is 1. The van der Waals surface area contributed by atoms with Gasteiger partial charge >= 0.3 is 0 Å². The first kappa shape index (κ1) is 25.0. The number of nitrogens with one attached hydrogen (secondary N) is 2. The Balaban J connectivity index is 0.000000396. The molecular weight excluding hydrogens is 429 g/mol. The number of allylic oxidation sites excluding steroid dienone is 2. The largest absolute Gasteiger partial charge is 0.362 e. The lowest BCUT2D eigenvalue weighted by atomic mass is 10.00. The summed E-state index contributed by atoms with van der Waals surface area (Å²) in [4.78, 5) is 26.5. The Morgan fingerprint density at radius 1 is 1.09 bits per heavy atom. The van der Waals surface area contributed by atoms with Crippen molar-refractivity contribution in [2.75, 3.05) is 18.4 Å². The summed E-state index contributed by atoms with van der Waals surface area (Å²) < 4.78 is 11.9. The Kier molecular flexibility index (Phi) is 8.79. The third kappa shape index (κ3) is 6.91. The SMILES string of the molecule is Cc1cccc2c1/C(=C/C(=CC(C)C)N/C=C/C(=O)N1CCCC1)C(=O)N2.Fc1ccccc1. The number of fused-ring (bicyclic) bond motifs is 1. The van der Waals surface area contributed by atoms with Crippen molar-refractivity contribution < 1.29 is 14.0 Å². The van der Waals surface area contributed by atoms with Crippen LogP contribution in [0.5, 0.6) is 0 Å². The van der Waals surface area contributed by atoms with E-state index in [1.54, 1.807) is 30.5 Å². The van der Waals surface area contributed by atoms with Gasteiger partial charge in [-0.3, -0.25) is 9.59 Å². The molecule has 1 saturated heterocycles. The van der Waals surface area contributed by atoms with E-state index in [1.807, 2.05) is 42.2 Å². The van der Waals surface area contributed by atoms with Crippen molar-refractivity contribution in [1.29, 1.82) is 0 Å². The quantitative estimate of drug-likeness (QED) is 0.585. The van der Waals surface area contributed by atoms with Crippen molar-refractivity contribution in [3.05, 3.63) is 95.6 Å². The molecule has 2 N–H and O–H groups in total. The highest BCUT2D eigenvalue weighted by Crippen LogP contribution is 2.34. The number of likely N-dealkylation sites (tertiary alicyclic amines) is 1. The molecule has 178 valence electrons. The molecule has 0 unspecified atom stereocenters. The van der Waals surface area contributed by atoms with Gasteiger partial charge in [0.1, 0.15) is 5.82 Å². The number of hydrogen-bond acceptors (Lipinski definition) is 3. The number of halogens is 1. The zero-order valence-corrected chi connectivity index (χ0v) is 20.0. The molecule has 2 heterocycles. The number of benzene rings is 2. The molecule has 6 heteroatoms. The lowest BCUT2D eigenvalue weighted by Gasteiger charge is -2.12. The Hall–Kier alpha value is -3.67. The van der Waals surface area contributed by atoms with E-state index in [0.29, 0.717) is 11.5 Å². The Bertz CT molecular complexity index is 1100. The highest BCUT2D eigenvalue weighted by Gasteiger charge is 2.25. The summed E-state index contributed by atoms with van der Waals surface area (Å²) in [5.41, 5.74) is 4.28. The van der Waals surface area contributed by atoms with E-state index in [4.69, 9.17) is 0 Å². The topological polar surface area (TPSA) is 61.4 Å². The van der Waals surface area contributed by atoms with E-state index < -0.39 is 0 Å². The summed E-state index contributed by atoms with van der Waals surface area (Å²) >= 11 is 0. The second kappa shape index (κ2) is 12.0. The van der Waals surface area contributed by atoms with Crippen LogP contribution in [0, 0.1) is 18.7 Å². The third-order valence-corrected chi connectivity index (χ3v) is 5.47. The van der Waals surface area contributed by atoms with Crippen LogP contribution in [0.4, 0.5) is 10.1 Å². The van der Waals surface area contributed by atoms with Crippen molar-refractivity contribution in [2.45, 2.75) is 33.6 Å². The molecule has 0 saturated carbocycles. The number of nitrogens with zero attached hydrogens (tertiary/aromatic N) is 1. The number of rotatable bonds is 5. The van der Waals surface area contributed by atoms with Gasteiger partial charge in [0.25, 0.3) is 5.91 Å². The molecule has 0 radical (unpaired) electrons. The number of anilines is 1. The molecule has 0 spiro atoms. The fourth-order valence-corrected chi connectivity index (χ4v) is 3.89. The van der Waals surface area contributed by atoms with Crippen molar-refractivity contribution in [2.24, 2.45) is 5.92 Å². The summed E-state index contributed by atoms with van der Waals surface area (Å²) in [5.74, 6) is 0.0413. The van der Waals surface area contributed by atoms with Gasteiger partial charge in [0, 0.05) is 42.3 Å². The molecule has 0 aliphatic carbocycles. The lowest BCUT2D eigenvalue weighted by Crippen LogP contribution is -2.26. The first-order valence-electron chi connectivity index (χ1n) is 11.6. The van der Waals surface area contributed by atoms with Gasteiger partial charge in [-0.25, -0.2) is 4.39 Å². The molecule has 2 aliphatic rings. The molecule has 34 heavy (non-hydrogen) atoms. The normalized spacial score (nSPS) is 16.5. The summed E-state index contributed by atoms with van der Waals surface area (Å²) in [7, 11) is 0. The minimum Gasteiger partial charge on any atom is -0.362 e. The van der Waals surface area contributed by atoms with E-state index >= 15 is 0 Å². The fraction of sp³-hybridized carbons (Fsp3) is 0.286. The maximum absolute atomic E-state index is 12.4. The van der Waals surface area contributed by atoms with Gasteiger partial charge in [0.15, 0.2) is 0 Å². The standard InChI is InChI=1S/C22H27N3O2.C6H5F/c1-15(2)13-17(23-10-9-20(26)25-11-4-5-12-25)14-18-21-16(3)7-6-8-19(21)24-22(18)27;7-6-4-2-1-3-5-6/h6-10,13-15,23H,4-5,11-12H2,1-3H3,(H,24,27);1-5H/b10-9+,17-13?,18-14-;. The van der Waals surface area contributed by atoms with Crippen LogP contribution in [0.15, 0.2) is 78.7 Å². The van der Waals surface area contributed by atoms with E-state index in [0.717, 1.165) is 48.4 Å². The fourth-order valence-electron chi connectivity index (χ4n) is 3.89. The van der Waals surface area contributed by atoms with Crippen LogP contribution in [0.2, 0.25) is 0 Å². The molecule has 0 aromatic heterocycles. The van der Waals surface area contributed by atoms with Gasteiger partial charge in [0.2, 0.25) is 5.91 Å². The molecule has 0 atom stereocenters. The molecule has 2 amide bonds. The summed E-state index contributed by atoms with van der Waals surface area (Å²) in [5, 5.41) is 6.10. The van der Waals surface area contributed by atoms with Crippen LogP contribution in [-0.4, -0.2) is 29.8 Å². The average Bonchev–Trinajstić information content (AvgIpc) is 3.43. The molecule has 4 rings (SSSR count). The predicted molar refractivity (Wildman–Crippen MR) is 135 cm³/mol. The minimum atomic E-state index is -0.178. The van der Waals surface area contributed by atoms with Gasteiger partial charge in [-0.05, 0) is 55.5 Å². The molecular formula is C28H32FN3O2. The van der Waals surface area contributed by atoms with Gasteiger partial charge < -0.3 is 15.5 Å². The maximum Gasteiger partial charge on any atom is 0.256 e. The van der Waals surface area contributed by atoms with E-state index in [9.17, 15) is 14.0 Å². The van der Waals surface area contributed by atoms with Crippen LogP contribution < -0.4 is 10.6 Å². The van der Waals surface area contributed by atoms with Crippen molar-refractivity contribution >= 4 is 23.1 Å². The lowest BCUT2D eigenvalue weighted by molar-refractivity contribution is -0.125. The van der Waals surface area contributed by atoms with Crippen LogP contribution in [0.25, 0.3) is 5.57 Å². The van der Waals surface area contributed by atoms with Crippen molar-refractivity contribution in [3.8, 4) is 0 Å². The summed E-state index contributed by atoms with van der Waals surface area (Å²) in [6, 6.07) is 13.8. The molecule has 0 bridgehead atoms. The van der Waals surface area contributed by atoms with E-state index in [2.05, 4.69) is 24.5 Å². The predicted octanol–water partition coefficient (Wildman–Crippen LogP) is 5.42. The number of hydrogen-bond donors (Lipinski definition) is 2. The molecule has 2 aromatic rings. The molecule has 1 fully saturated rings. The van der Waals surface area contributed by atoms with Crippen LogP contribution in [0.1, 0.15) is 37.8 Å². The van der Waals surface area contributed by atoms with Crippen LogP contribution in [-0.2, 0) is 9.59 Å². The van der Waals surface area contributed by atoms with Crippen molar-refractivity contribution in [3.63, 3.8) is 0 Å². The monoisotopic (exact) mass is 461 g/mol. The zero-order chi connectivity index (χ0) is 24.5. The highest BCUT2D eigenvalue weighted by atomic mass is 19.1. The smallest absolute Gasteiger partial charge is 0.256 e. The number of amides is 2. The second-order valence-electron chi connectivity index (χ2n) is 8.68. The first-order valence-corrected chi connectivity index (χ1v) is 11.6.